The zero-order valence-corrected chi connectivity index (χ0v) is 9.00. The van der Waals surface area contributed by atoms with Crippen LogP contribution in [-0.4, -0.2) is 50.5 Å². The molecule has 0 aromatic rings. The molecule has 1 amide bonds. The van der Waals surface area contributed by atoms with Crippen molar-refractivity contribution in [3.8, 4) is 0 Å². The molecule has 0 aromatic heterocycles. The molecule has 1 heterocycles. The maximum absolute atomic E-state index is 11.6. The Morgan fingerprint density at radius 1 is 1.53 bits per heavy atom. The monoisotopic (exact) mass is 216 g/mol. The van der Waals surface area contributed by atoms with Crippen molar-refractivity contribution in [3.63, 3.8) is 0 Å². The summed E-state index contributed by atoms with van der Waals surface area (Å²) < 4.78 is 5.04. The molecule has 0 bridgehead atoms. The number of carbonyl (C=O) groups is 1. The van der Waals surface area contributed by atoms with Crippen molar-refractivity contribution in [1.29, 1.82) is 0 Å². The Hall–Kier alpha value is -0.650. The van der Waals surface area contributed by atoms with Crippen LogP contribution in [0.25, 0.3) is 0 Å². The third kappa shape index (κ3) is 5.11. The molecule has 0 unspecified atom stereocenters. The third-order valence-electron chi connectivity index (χ3n) is 2.45. The van der Waals surface area contributed by atoms with Crippen molar-refractivity contribution >= 4 is 5.91 Å². The fourth-order valence-electron chi connectivity index (χ4n) is 1.63. The molecule has 0 saturated carbocycles. The second-order valence-electron chi connectivity index (χ2n) is 3.67. The van der Waals surface area contributed by atoms with Crippen LogP contribution < -0.4 is 10.6 Å². The Morgan fingerprint density at radius 3 is 3.07 bits per heavy atom. The largest absolute Gasteiger partial charge is 0.394 e. The fraction of sp³-hybridized carbons (Fsp3) is 0.900. The highest BCUT2D eigenvalue weighted by atomic mass is 16.5. The maximum Gasteiger partial charge on any atom is 0.224 e. The molecule has 1 aliphatic rings. The van der Waals surface area contributed by atoms with Crippen molar-refractivity contribution in [3.05, 3.63) is 0 Å². The number of hydrogen-bond acceptors (Lipinski definition) is 4. The molecule has 15 heavy (non-hydrogen) atoms. The van der Waals surface area contributed by atoms with Crippen LogP contribution in [0.15, 0.2) is 0 Å². The number of nitrogens with one attached hydrogen (secondary N) is 2. The van der Waals surface area contributed by atoms with Gasteiger partial charge in [-0.3, -0.25) is 4.79 Å². The highest BCUT2D eigenvalue weighted by Gasteiger charge is 2.19. The quantitative estimate of drug-likeness (QED) is 0.504. The number of amides is 1. The van der Waals surface area contributed by atoms with Gasteiger partial charge in [0.25, 0.3) is 0 Å². The molecule has 0 aromatic carbocycles. The second-order valence-corrected chi connectivity index (χ2v) is 3.67. The number of carbonyl (C=O) groups excluding carboxylic acids is 1. The Labute approximate surface area is 90.2 Å². The van der Waals surface area contributed by atoms with Gasteiger partial charge in [-0.2, -0.15) is 0 Å². The van der Waals surface area contributed by atoms with Gasteiger partial charge >= 0.3 is 0 Å². The van der Waals surface area contributed by atoms with Crippen molar-refractivity contribution in [2.45, 2.75) is 12.8 Å². The zero-order chi connectivity index (χ0) is 10.9. The third-order valence-corrected chi connectivity index (χ3v) is 2.45. The summed E-state index contributed by atoms with van der Waals surface area (Å²) >= 11 is 0. The standard InChI is InChI=1S/C10H20N2O3/c13-5-7-15-6-4-12-10(14)9-2-1-3-11-8-9/h9,11,13H,1-8H2,(H,12,14)/t9-/m0/s1. The smallest absolute Gasteiger partial charge is 0.224 e. The molecule has 1 fully saturated rings. The van der Waals surface area contributed by atoms with Gasteiger partial charge in [0.2, 0.25) is 5.91 Å². The Bertz CT molecular complexity index is 182. The molecule has 88 valence electrons. The summed E-state index contributed by atoms with van der Waals surface area (Å²) in [6.07, 6.45) is 2.04. The van der Waals surface area contributed by atoms with Crippen LogP contribution in [0.5, 0.6) is 0 Å². The summed E-state index contributed by atoms with van der Waals surface area (Å²) in [5, 5.41) is 14.5. The van der Waals surface area contributed by atoms with Gasteiger partial charge in [-0.15, -0.1) is 0 Å². The van der Waals surface area contributed by atoms with E-state index in [0.29, 0.717) is 19.8 Å². The summed E-state index contributed by atoms with van der Waals surface area (Å²) in [6, 6.07) is 0. The van der Waals surface area contributed by atoms with E-state index in [0.717, 1.165) is 25.9 Å². The Balaban J connectivity index is 2.02. The topological polar surface area (TPSA) is 70.6 Å². The lowest BCUT2D eigenvalue weighted by Crippen LogP contribution is -2.41. The van der Waals surface area contributed by atoms with Gasteiger partial charge in [0.1, 0.15) is 0 Å². The Morgan fingerprint density at radius 2 is 2.40 bits per heavy atom. The van der Waals surface area contributed by atoms with E-state index >= 15 is 0 Å². The van der Waals surface area contributed by atoms with Crippen molar-refractivity contribution < 1.29 is 14.6 Å². The molecule has 1 atom stereocenters. The van der Waals surface area contributed by atoms with E-state index in [1.54, 1.807) is 0 Å². The van der Waals surface area contributed by atoms with E-state index in [1.807, 2.05) is 0 Å². The van der Waals surface area contributed by atoms with Crippen LogP contribution >= 0.6 is 0 Å². The molecule has 5 heteroatoms. The van der Waals surface area contributed by atoms with Gasteiger partial charge in [-0.05, 0) is 19.4 Å². The normalized spacial score (nSPS) is 21.3. The molecular formula is C10H20N2O3. The molecule has 0 spiro atoms. The average Bonchev–Trinajstić information content (AvgIpc) is 2.30. The van der Waals surface area contributed by atoms with Crippen LogP contribution in [0.3, 0.4) is 0 Å². The van der Waals surface area contributed by atoms with Crippen LogP contribution in [0.4, 0.5) is 0 Å². The first-order valence-electron chi connectivity index (χ1n) is 5.51. The molecule has 1 saturated heterocycles. The van der Waals surface area contributed by atoms with Gasteiger partial charge in [0, 0.05) is 13.1 Å². The zero-order valence-electron chi connectivity index (χ0n) is 9.00. The summed E-state index contributed by atoms with van der Waals surface area (Å²) in [6.45, 7) is 3.15. The average molecular weight is 216 g/mol. The summed E-state index contributed by atoms with van der Waals surface area (Å²) in [7, 11) is 0. The van der Waals surface area contributed by atoms with E-state index in [-0.39, 0.29) is 18.4 Å². The van der Waals surface area contributed by atoms with Crippen molar-refractivity contribution in [2.24, 2.45) is 5.92 Å². The van der Waals surface area contributed by atoms with Crippen LogP contribution in [-0.2, 0) is 9.53 Å². The number of aliphatic hydroxyl groups excluding tert-OH is 1. The SMILES string of the molecule is O=C(NCCOCCO)[C@H]1CCCNC1. The highest BCUT2D eigenvalue weighted by molar-refractivity contribution is 5.78. The van der Waals surface area contributed by atoms with Crippen LogP contribution in [0.1, 0.15) is 12.8 Å². The summed E-state index contributed by atoms with van der Waals surface area (Å²) in [4.78, 5) is 11.6. The van der Waals surface area contributed by atoms with Crippen LogP contribution in [0.2, 0.25) is 0 Å². The minimum atomic E-state index is 0.0283. The maximum atomic E-state index is 11.6. The number of hydrogen-bond donors (Lipinski definition) is 3. The van der Waals surface area contributed by atoms with Gasteiger partial charge in [0.15, 0.2) is 0 Å². The van der Waals surface area contributed by atoms with Gasteiger partial charge in [-0.25, -0.2) is 0 Å². The summed E-state index contributed by atoms with van der Waals surface area (Å²) in [5.41, 5.74) is 0. The first-order chi connectivity index (χ1) is 7.34. The van der Waals surface area contributed by atoms with Gasteiger partial charge in [-0.1, -0.05) is 0 Å². The number of rotatable bonds is 6. The highest BCUT2D eigenvalue weighted by Crippen LogP contribution is 2.09. The molecule has 5 nitrogen and oxygen atoms in total. The second kappa shape index (κ2) is 7.62. The van der Waals surface area contributed by atoms with E-state index in [9.17, 15) is 4.79 Å². The molecule has 1 rings (SSSR count). The molecular weight excluding hydrogens is 196 g/mol. The molecule has 0 aliphatic carbocycles. The lowest BCUT2D eigenvalue weighted by atomic mass is 9.99. The van der Waals surface area contributed by atoms with Crippen LogP contribution in [0, 0.1) is 5.92 Å². The van der Waals surface area contributed by atoms with E-state index in [1.165, 1.54) is 0 Å². The predicted octanol–water partition coefficient (Wildman–Crippen LogP) is -0.889. The van der Waals surface area contributed by atoms with Crippen molar-refractivity contribution in [2.75, 3.05) is 39.5 Å². The lowest BCUT2D eigenvalue weighted by molar-refractivity contribution is -0.125. The molecule has 1 aliphatic heterocycles. The van der Waals surface area contributed by atoms with Crippen molar-refractivity contribution in [1.82, 2.24) is 10.6 Å². The molecule has 3 N–H and O–H groups in total. The fourth-order valence-corrected chi connectivity index (χ4v) is 1.63. The Kier molecular flexibility index (Phi) is 6.31. The van der Waals surface area contributed by atoms with E-state index in [4.69, 9.17) is 9.84 Å². The minimum Gasteiger partial charge on any atom is -0.394 e. The minimum absolute atomic E-state index is 0.0283. The predicted molar refractivity (Wildman–Crippen MR) is 56.5 cm³/mol. The number of ether oxygens (including phenoxy) is 1. The van der Waals surface area contributed by atoms with E-state index < -0.39 is 0 Å². The van der Waals surface area contributed by atoms with E-state index in [2.05, 4.69) is 10.6 Å². The van der Waals surface area contributed by atoms with Gasteiger partial charge in [0.05, 0.1) is 25.7 Å². The van der Waals surface area contributed by atoms with Gasteiger partial charge < -0.3 is 20.5 Å². The first-order valence-corrected chi connectivity index (χ1v) is 5.51. The number of piperidine rings is 1. The number of aliphatic hydroxyl groups is 1. The molecule has 0 radical (unpaired) electrons. The summed E-state index contributed by atoms with van der Waals surface area (Å²) in [5.74, 6) is 0.214. The first kappa shape index (κ1) is 12.4. The lowest BCUT2D eigenvalue weighted by Gasteiger charge is -2.21.